The van der Waals surface area contributed by atoms with Gasteiger partial charge in [0.05, 0.1) is 4.90 Å². The van der Waals surface area contributed by atoms with E-state index in [4.69, 9.17) is 0 Å². The number of pyridine rings is 1. The van der Waals surface area contributed by atoms with E-state index in [1.54, 1.807) is 7.05 Å². The van der Waals surface area contributed by atoms with Crippen LogP contribution in [0.3, 0.4) is 0 Å². The van der Waals surface area contributed by atoms with Gasteiger partial charge >= 0.3 is 0 Å². The van der Waals surface area contributed by atoms with Crippen molar-refractivity contribution in [3.8, 4) is 11.4 Å². The molecule has 0 saturated heterocycles. The Morgan fingerprint density at radius 2 is 1.50 bits per heavy atom. The van der Waals surface area contributed by atoms with Crippen LogP contribution in [0.4, 0.5) is 17.6 Å². The second kappa shape index (κ2) is 6.23. The van der Waals surface area contributed by atoms with Gasteiger partial charge in [-0.3, -0.25) is 0 Å². The summed E-state index contributed by atoms with van der Waals surface area (Å²) in [6.45, 7) is 1.93. The van der Waals surface area contributed by atoms with Crippen molar-refractivity contribution >= 4 is 11.8 Å². The van der Waals surface area contributed by atoms with Crippen molar-refractivity contribution in [1.29, 1.82) is 0 Å². The maximum atomic E-state index is 13.7. The highest BCUT2D eigenvalue weighted by molar-refractivity contribution is 7.99. The van der Waals surface area contributed by atoms with E-state index in [1.165, 1.54) is 4.57 Å². The topological polar surface area (TPSA) is 43.6 Å². The number of hydrogen-bond acceptors (Lipinski definition) is 4. The standard InChI is InChI=1S/C15H10F4N4S/c1-7-3-5-8(6-4-7)14-21-22-15(23(14)2)24-11-9(16)12(18)20-13(19)10(11)17/h3-6H,1-2H3. The van der Waals surface area contributed by atoms with Crippen LogP contribution in [0.25, 0.3) is 11.4 Å². The number of hydrogen-bond donors (Lipinski definition) is 0. The highest BCUT2D eigenvalue weighted by Gasteiger charge is 2.24. The smallest absolute Gasteiger partial charge is 0.252 e. The first-order valence-electron chi connectivity index (χ1n) is 6.72. The normalized spacial score (nSPS) is 11.1. The van der Waals surface area contributed by atoms with E-state index in [9.17, 15) is 17.6 Å². The summed E-state index contributed by atoms with van der Waals surface area (Å²) >= 11 is 0.434. The molecule has 24 heavy (non-hydrogen) atoms. The fourth-order valence-corrected chi connectivity index (χ4v) is 2.84. The fraction of sp³-hybridized carbons (Fsp3) is 0.133. The lowest BCUT2D eigenvalue weighted by Crippen LogP contribution is -2.03. The minimum atomic E-state index is -1.71. The van der Waals surface area contributed by atoms with Crippen LogP contribution >= 0.6 is 11.8 Å². The summed E-state index contributed by atoms with van der Waals surface area (Å²) in [6, 6.07) is 7.40. The Labute approximate surface area is 138 Å². The summed E-state index contributed by atoms with van der Waals surface area (Å²) in [4.78, 5) is 1.66. The Morgan fingerprint density at radius 1 is 0.917 bits per heavy atom. The number of aromatic nitrogens is 4. The summed E-state index contributed by atoms with van der Waals surface area (Å²) in [6.07, 6.45) is 0. The number of nitrogens with zero attached hydrogens (tertiary/aromatic N) is 4. The summed E-state index contributed by atoms with van der Waals surface area (Å²) in [7, 11) is 1.58. The molecule has 0 fully saturated rings. The Morgan fingerprint density at radius 3 is 2.08 bits per heavy atom. The Hall–Kier alpha value is -2.42. The molecule has 0 radical (unpaired) electrons. The molecule has 0 unspecified atom stereocenters. The molecule has 0 N–H and O–H groups in total. The molecule has 4 nitrogen and oxygen atoms in total. The van der Waals surface area contributed by atoms with Crippen molar-refractivity contribution in [3.63, 3.8) is 0 Å². The predicted molar refractivity (Wildman–Crippen MR) is 79.4 cm³/mol. The molecule has 0 atom stereocenters. The van der Waals surface area contributed by atoms with Crippen LogP contribution in [-0.4, -0.2) is 19.7 Å². The molecule has 9 heteroatoms. The minimum Gasteiger partial charge on any atom is -0.305 e. The van der Waals surface area contributed by atoms with Gasteiger partial charge in [0.25, 0.3) is 11.9 Å². The van der Waals surface area contributed by atoms with Gasteiger partial charge in [0.15, 0.2) is 22.6 Å². The van der Waals surface area contributed by atoms with Gasteiger partial charge in [0.2, 0.25) is 0 Å². The lowest BCUT2D eigenvalue weighted by Gasteiger charge is -2.06. The van der Waals surface area contributed by atoms with Crippen LogP contribution in [0.2, 0.25) is 0 Å². The summed E-state index contributed by atoms with van der Waals surface area (Å²) in [5.41, 5.74) is 1.80. The zero-order valence-electron chi connectivity index (χ0n) is 12.5. The molecule has 0 bridgehead atoms. The van der Waals surface area contributed by atoms with E-state index < -0.39 is 28.4 Å². The SMILES string of the molecule is Cc1ccc(-c2nnc(Sc3c(F)c(F)nc(F)c3F)n2C)cc1. The maximum absolute atomic E-state index is 13.7. The third-order valence-corrected chi connectivity index (χ3v) is 4.40. The zero-order valence-corrected chi connectivity index (χ0v) is 13.3. The molecule has 0 spiro atoms. The quantitative estimate of drug-likeness (QED) is 0.529. The molecule has 3 aromatic rings. The minimum absolute atomic E-state index is 0.0772. The average molecular weight is 354 g/mol. The second-order valence-electron chi connectivity index (χ2n) is 4.98. The molecule has 0 amide bonds. The van der Waals surface area contributed by atoms with E-state index in [0.29, 0.717) is 17.6 Å². The molecule has 0 aliphatic heterocycles. The van der Waals surface area contributed by atoms with Gasteiger partial charge in [-0.05, 0) is 18.7 Å². The predicted octanol–water partition coefficient (Wildman–Crippen LogP) is 3.89. The summed E-state index contributed by atoms with van der Waals surface area (Å²) in [5.74, 6) is -6.11. The Balaban J connectivity index is 2.00. The number of aryl methyl sites for hydroxylation is 1. The van der Waals surface area contributed by atoms with Crippen molar-refractivity contribution in [3.05, 3.63) is 53.4 Å². The van der Waals surface area contributed by atoms with Gasteiger partial charge in [0.1, 0.15) is 0 Å². The maximum Gasteiger partial charge on any atom is 0.252 e. The van der Waals surface area contributed by atoms with Gasteiger partial charge in [-0.1, -0.05) is 29.8 Å². The van der Waals surface area contributed by atoms with Crippen molar-refractivity contribution < 1.29 is 17.6 Å². The van der Waals surface area contributed by atoms with Gasteiger partial charge in [-0.25, -0.2) is 8.78 Å². The van der Waals surface area contributed by atoms with E-state index in [-0.39, 0.29) is 5.16 Å². The third kappa shape index (κ3) is 2.86. The van der Waals surface area contributed by atoms with Crippen LogP contribution in [0, 0.1) is 30.5 Å². The van der Waals surface area contributed by atoms with Crippen LogP contribution in [0.5, 0.6) is 0 Å². The van der Waals surface area contributed by atoms with Crippen LogP contribution < -0.4 is 0 Å². The average Bonchev–Trinajstić information content (AvgIpc) is 2.91. The Bertz CT molecular complexity index is 883. The van der Waals surface area contributed by atoms with Crippen molar-refractivity contribution in [2.24, 2.45) is 7.05 Å². The second-order valence-corrected chi connectivity index (χ2v) is 5.96. The van der Waals surface area contributed by atoms with E-state index in [1.807, 2.05) is 31.2 Å². The summed E-state index contributed by atoms with van der Waals surface area (Å²) in [5, 5.41) is 7.87. The largest absolute Gasteiger partial charge is 0.305 e. The van der Waals surface area contributed by atoms with Crippen molar-refractivity contribution in [1.82, 2.24) is 19.7 Å². The summed E-state index contributed by atoms with van der Waals surface area (Å²) < 4.78 is 55.3. The third-order valence-electron chi connectivity index (χ3n) is 3.30. The lowest BCUT2D eigenvalue weighted by molar-refractivity contribution is 0.383. The first-order valence-corrected chi connectivity index (χ1v) is 7.54. The first kappa shape index (κ1) is 16.4. The first-order chi connectivity index (χ1) is 11.4. The molecule has 0 aliphatic rings. The molecule has 2 heterocycles. The number of benzene rings is 1. The van der Waals surface area contributed by atoms with Crippen molar-refractivity contribution in [2.45, 2.75) is 17.0 Å². The molecule has 0 saturated carbocycles. The van der Waals surface area contributed by atoms with Gasteiger partial charge in [-0.15, -0.1) is 10.2 Å². The Kier molecular flexibility index (Phi) is 4.27. The molecular weight excluding hydrogens is 344 g/mol. The van der Waals surface area contributed by atoms with E-state index in [2.05, 4.69) is 15.2 Å². The molecule has 1 aromatic carbocycles. The lowest BCUT2D eigenvalue weighted by atomic mass is 10.1. The highest BCUT2D eigenvalue weighted by atomic mass is 32.2. The number of rotatable bonds is 3. The van der Waals surface area contributed by atoms with Crippen LogP contribution in [0.1, 0.15) is 5.56 Å². The molecule has 124 valence electrons. The monoisotopic (exact) mass is 354 g/mol. The van der Waals surface area contributed by atoms with Crippen LogP contribution in [0.15, 0.2) is 34.3 Å². The molecular formula is C15H10F4N4S. The van der Waals surface area contributed by atoms with Crippen LogP contribution in [-0.2, 0) is 7.05 Å². The van der Waals surface area contributed by atoms with Crippen molar-refractivity contribution in [2.75, 3.05) is 0 Å². The van der Waals surface area contributed by atoms with Gasteiger partial charge in [0, 0.05) is 12.6 Å². The van der Waals surface area contributed by atoms with Gasteiger partial charge < -0.3 is 4.57 Å². The van der Waals surface area contributed by atoms with E-state index in [0.717, 1.165) is 11.1 Å². The zero-order chi connectivity index (χ0) is 17.4. The molecule has 3 rings (SSSR count). The molecule has 0 aliphatic carbocycles. The highest BCUT2D eigenvalue weighted by Crippen LogP contribution is 2.33. The van der Waals surface area contributed by atoms with E-state index >= 15 is 0 Å². The number of halogens is 4. The van der Waals surface area contributed by atoms with Gasteiger partial charge in [-0.2, -0.15) is 13.8 Å². The fourth-order valence-electron chi connectivity index (χ4n) is 2.01. The molecule has 2 aromatic heterocycles.